The zero-order valence-corrected chi connectivity index (χ0v) is 10.1. The number of benzene rings is 1. The Morgan fingerprint density at radius 2 is 2.28 bits per heavy atom. The summed E-state index contributed by atoms with van der Waals surface area (Å²) in [4.78, 5) is 3.95. The van der Waals surface area contributed by atoms with Crippen LogP contribution in [-0.2, 0) is 7.05 Å². The van der Waals surface area contributed by atoms with Crippen LogP contribution < -0.4 is 4.74 Å². The van der Waals surface area contributed by atoms with E-state index < -0.39 is 5.82 Å². The number of rotatable bonds is 3. The van der Waals surface area contributed by atoms with E-state index in [-0.39, 0.29) is 11.4 Å². The number of aromatic nitrogens is 2. The Hall–Kier alpha value is -2.35. The van der Waals surface area contributed by atoms with Crippen LogP contribution in [0, 0.1) is 17.1 Å². The molecule has 1 aromatic carbocycles. The van der Waals surface area contributed by atoms with Crippen LogP contribution in [-0.4, -0.2) is 16.2 Å². The van der Waals surface area contributed by atoms with Gasteiger partial charge >= 0.3 is 0 Å². The van der Waals surface area contributed by atoms with E-state index in [1.165, 1.54) is 12.4 Å². The van der Waals surface area contributed by atoms with E-state index in [1.807, 2.05) is 6.07 Å². The van der Waals surface area contributed by atoms with Crippen LogP contribution >= 0.6 is 0 Å². The van der Waals surface area contributed by atoms with Crippen molar-refractivity contribution in [3.63, 3.8) is 0 Å². The molecule has 0 aliphatic carbocycles. The van der Waals surface area contributed by atoms with Gasteiger partial charge in [-0.2, -0.15) is 5.26 Å². The number of ether oxygens (including phenoxy) is 1. The molecular formula is C13H12FN3O. The van der Waals surface area contributed by atoms with Gasteiger partial charge in [0.25, 0.3) is 0 Å². The summed E-state index contributed by atoms with van der Waals surface area (Å²) in [6, 6.07) is 6.61. The summed E-state index contributed by atoms with van der Waals surface area (Å²) in [6.07, 6.45) is 1.53. The van der Waals surface area contributed by atoms with Crippen LogP contribution in [0.25, 0.3) is 11.3 Å². The number of nitrogens with zero attached hydrogens (tertiary/aromatic N) is 3. The van der Waals surface area contributed by atoms with Crippen molar-refractivity contribution < 1.29 is 9.13 Å². The Balaban J connectivity index is 2.49. The second kappa shape index (κ2) is 4.88. The number of nitriles is 1. The SMILES string of the molecule is CCOc1ccc(-c2c(C#N)ncn2C)cc1F. The molecule has 0 N–H and O–H groups in total. The minimum atomic E-state index is -0.445. The summed E-state index contributed by atoms with van der Waals surface area (Å²) < 4.78 is 20.6. The molecule has 0 saturated carbocycles. The fourth-order valence-electron chi connectivity index (χ4n) is 1.77. The molecular weight excluding hydrogens is 233 g/mol. The summed E-state index contributed by atoms with van der Waals surface area (Å²) in [5.74, 6) is -0.235. The second-order valence-corrected chi connectivity index (χ2v) is 3.74. The van der Waals surface area contributed by atoms with E-state index in [9.17, 15) is 4.39 Å². The van der Waals surface area contributed by atoms with Crippen LogP contribution in [0.3, 0.4) is 0 Å². The van der Waals surface area contributed by atoms with E-state index in [4.69, 9.17) is 10.00 Å². The van der Waals surface area contributed by atoms with Gasteiger partial charge in [0.2, 0.25) is 0 Å². The standard InChI is InChI=1S/C13H12FN3O/c1-3-18-12-5-4-9(6-10(12)14)13-11(7-15)16-8-17(13)2/h4-6,8H,3H2,1-2H3. The Labute approximate surface area is 104 Å². The van der Waals surface area contributed by atoms with Crippen molar-refractivity contribution in [2.75, 3.05) is 6.61 Å². The molecule has 0 unspecified atom stereocenters. The molecule has 0 bridgehead atoms. The highest BCUT2D eigenvalue weighted by molar-refractivity contribution is 5.66. The predicted molar refractivity (Wildman–Crippen MR) is 64.5 cm³/mol. The van der Waals surface area contributed by atoms with Crippen LogP contribution in [0.15, 0.2) is 24.5 Å². The lowest BCUT2D eigenvalue weighted by Crippen LogP contribution is -1.96. The van der Waals surface area contributed by atoms with Gasteiger partial charge < -0.3 is 9.30 Å². The van der Waals surface area contributed by atoms with Gasteiger partial charge in [0.15, 0.2) is 17.3 Å². The fourth-order valence-corrected chi connectivity index (χ4v) is 1.77. The molecule has 0 aliphatic heterocycles. The van der Waals surface area contributed by atoms with Crippen molar-refractivity contribution in [1.29, 1.82) is 5.26 Å². The third-order valence-corrected chi connectivity index (χ3v) is 2.55. The van der Waals surface area contributed by atoms with Crippen LogP contribution in [0.5, 0.6) is 5.75 Å². The molecule has 1 aromatic heterocycles. The molecule has 0 atom stereocenters. The lowest BCUT2D eigenvalue weighted by molar-refractivity contribution is 0.321. The van der Waals surface area contributed by atoms with Gasteiger partial charge in [-0.05, 0) is 25.1 Å². The highest BCUT2D eigenvalue weighted by Gasteiger charge is 2.13. The average Bonchev–Trinajstić information content (AvgIpc) is 2.73. The Morgan fingerprint density at radius 3 is 2.89 bits per heavy atom. The molecule has 0 fully saturated rings. The first-order chi connectivity index (χ1) is 8.67. The van der Waals surface area contributed by atoms with Crippen LogP contribution in [0.4, 0.5) is 4.39 Å². The maximum atomic E-state index is 13.8. The maximum Gasteiger partial charge on any atom is 0.166 e. The van der Waals surface area contributed by atoms with E-state index in [2.05, 4.69) is 4.98 Å². The molecule has 5 heteroatoms. The summed E-state index contributed by atoms with van der Waals surface area (Å²) >= 11 is 0. The highest BCUT2D eigenvalue weighted by atomic mass is 19.1. The smallest absolute Gasteiger partial charge is 0.166 e. The second-order valence-electron chi connectivity index (χ2n) is 3.74. The topological polar surface area (TPSA) is 50.8 Å². The van der Waals surface area contributed by atoms with Gasteiger partial charge in [-0.25, -0.2) is 9.37 Å². The largest absolute Gasteiger partial charge is 0.491 e. The molecule has 0 radical (unpaired) electrons. The number of aryl methyl sites for hydroxylation is 1. The van der Waals surface area contributed by atoms with Crippen molar-refractivity contribution in [1.82, 2.24) is 9.55 Å². The van der Waals surface area contributed by atoms with Crippen molar-refractivity contribution in [3.8, 4) is 23.1 Å². The third kappa shape index (κ3) is 2.05. The van der Waals surface area contributed by atoms with Crippen molar-refractivity contribution in [2.24, 2.45) is 7.05 Å². The molecule has 2 rings (SSSR count). The molecule has 0 spiro atoms. The average molecular weight is 245 g/mol. The van der Waals surface area contributed by atoms with Gasteiger partial charge in [-0.3, -0.25) is 0 Å². The van der Waals surface area contributed by atoms with Gasteiger partial charge in [0, 0.05) is 12.6 Å². The molecule has 18 heavy (non-hydrogen) atoms. The number of hydrogen-bond acceptors (Lipinski definition) is 3. The maximum absolute atomic E-state index is 13.8. The van der Waals surface area contributed by atoms with Crippen LogP contribution in [0.2, 0.25) is 0 Å². The fraction of sp³-hybridized carbons (Fsp3) is 0.231. The minimum absolute atomic E-state index is 0.210. The summed E-state index contributed by atoms with van der Waals surface area (Å²) in [6.45, 7) is 2.20. The van der Waals surface area contributed by atoms with Gasteiger partial charge in [-0.15, -0.1) is 0 Å². The molecule has 0 aliphatic rings. The number of hydrogen-bond donors (Lipinski definition) is 0. The lowest BCUT2D eigenvalue weighted by Gasteiger charge is -2.07. The number of halogens is 1. The quantitative estimate of drug-likeness (QED) is 0.834. The zero-order chi connectivity index (χ0) is 13.1. The van der Waals surface area contributed by atoms with E-state index in [1.54, 1.807) is 30.7 Å². The Bertz CT molecular complexity index is 613. The van der Waals surface area contributed by atoms with Gasteiger partial charge in [0.05, 0.1) is 18.6 Å². The first-order valence-electron chi connectivity index (χ1n) is 5.51. The highest BCUT2D eigenvalue weighted by Crippen LogP contribution is 2.27. The first kappa shape index (κ1) is 12.1. The molecule has 0 saturated heterocycles. The summed E-state index contributed by atoms with van der Waals surface area (Å²) in [5, 5.41) is 8.96. The van der Waals surface area contributed by atoms with Crippen molar-refractivity contribution in [2.45, 2.75) is 6.92 Å². The van der Waals surface area contributed by atoms with Gasteiger partial charge in [0.1, 0.15) is 6.07 Å². The normalized spacial score (nSPS) is 10.1. The first-order valence-corrected chi connectivity index (χ1v) is 5.51. The Morgan fingerprint density at radius 1 is 1.50 bits per heavy atom. The third-order valence-electron chi connectivity index (χ3n) is 2.55. The van der Waals surface area contributed by atoms with Crippen molar-refractivity contribution in [3.05, 3.63) is 36.0 Å². The molecule has 92 valence electrons. The van der Waals surface area contributed by atoms with E-state index in [0.717, 1.165) is 0 Å². The number of imidazole rings is 1. The molecule has 2 aromatic rings. The van der Waals surface area contributed by atoms with E-state index in [0.29, 0.717) is 17.9 Å². The monoisotopic (exact) mass is 245 g/mol. The van der Waals surface area contributed by atoms with Crippen molar-refractivity contribution >= 4 is 0 Å². The van der Waals surface area contributed by atoms with E-state index >= 15 is 0 Å². The van der Waals surface area contributed by atoms with Gasteiger partial charge in [-0.1, -0.05) is 0 Å². The summed E-state index contributed by atoms with van der Waals surface area (Å²) in [7, 11) is 1.76. The zero-order valence-electron chi connectivity index (χ0n) is 10.1. The molecule has 1 heterocycles. The summed E-state index contributed by atoms with van der Waals surface area (Å²) in [5.41, 5.74) is 1.48. The lowest BCUT2D eigenvalue weighted by atomic mass is 10.1. The minimum Gasteiger partial charge on any atom is -0.491 e. The van der Waals surface area contributed by atoms with Crippen LogP contribution in [0.1, 0.15) is 12.6 Å². The Kier molecular flexibility index (Phi) is 3.28. The molecule has 4 nitrogen and oxygen atoms in total. The predicted octanol–water partition coefficient (Wildman–Crippen LogP) is 2.50. The molecule has 0 amide bonds.